The molecule has 0 radical (unpaired) electrons. The fourth-order valence-corrected chi connectivity index (χ4v) is 2.75. The van der Waals surface area contributed by atoms with Crippen LogP contribution in [0.1, 0.15) is 24.2 Å². The molecule has 0 saturated heterocycles. The van der Waals surface area contributed by atoms with Crippen molar-refractivity contribution in [3.8, 4) is 5.75 Å². The Kier molecular flexibility index (Phi) is 7.53. The number of non-ortho nitro benzene ring substituents is 1. The lowest BCUT2D eigenvalue weighted by atomic mass is 10.1. The molecule has 0 aromatic heterocycles. The molecule has 9 heteroatoms. The predicted molar refractivity (Wildman–Crippen MR) is 109 cm³/mol. The van der Waals surface area contributed by atoms with E-state index in [-0.39, 0.29) is 11.3 Å². The van der Waals surface area contributed by atoms with E-state index in [0.717, 1.165) is 6.07 Å². The number of nitro groups is 1. The van der Waals surface area contributed by atoms with Gasteiger partial charge in [-0.2, -0.15) is 0 Å². The van der Waals surface area contributed by atoms with Gasteiger partial charge in [-0.3, -0.25) is 14.9 Å². The van der Waals surface area contributed by atoms with E-state index in [1.54, 1.807) is 24.3 Å². The monoisotopic (exact) mass is 401 g/mol. The first kappa shape index (κ1) is 21.7. The van der Waals surface area contributed by atoms with E-state index in [4.69, 9.17) is 9.47 Å². The molecule has 0 spiro atoms. The van der Waals surface area contributed by atoms with Crippen LogP contribution in [0.15, 0.2) is 42.5 Å². The van der Waals surface area contributed by atoms with Crippen molar-refractivity contribution in [2.45, 2.75) is 13.8 Å². The van der Waals surface area contributed by atoms with Gasteiger partial charge in [0, 0.05) is 37.0 Å². The predicted octanol–water partition coefficient (Wildman–Crippen LogP) is 3.25. The van der Waals surface area contributed by atoms with Crippen LogP contribution in [0.5, 0.6) is 5.75 Å². The van der Waals surface area contributed by atoms with E-state index in [1.165, 1.54) is 19.2 Å². The summed E-state index contributed by atoms with van der Waals surface area (Å²) in [7, 11) is 1.51. The van der Waals surface area contributed by atoms with Gasteiger partial charge in [0.05, 0.1) is 23.3 Å². The minimum Gasteiger partial charge on any atom is -0.497 e. The lowest BCUT2D eigenvalue weighted by Crippen LogP contribution is -2.26. The Morgan fingerprint density at radius 3 is 2.48 bits per heavy atom. The van der Waals surface area contributed by atoms with Crippen molar-refractivity contribution in [2.75, 3.05) is 37.0 Å². The van der Waals surface area contributed by atoms with E-state index >= 15 is 0 Å². The molecule has 2 aromatic carbocycles. The number of methoxy groups -OCH3 is 1. The minimum atomic E-state index is -0.809. The number of nitro benzene ring substituents is 1. The van der Waals surface area contributed by atoms with E-state index in [9.17, 15) is 19.7 Å². The number of nitrogens with one attached hydrogen (secondary N) is 1. The largest absolute Gasteiger partial charge is 0.497 e. The van der Waals surface area contributed by atoms with E-state index < -0.39 is 23.4 Å². The summed E-state index contributed by atoms with van der Waals surface area (Å²) < 4.78 is 10.2. The summed E-state index contributed by atoms with van der Waals surface area (Å²) in [4.78, 5) is 37.0. The Morgan fingerprint density at radius 2 is 1.86 bits per heavy atom. The number of carbonyl (C=O) groups is 2. The molecule has 0 saturated carbocycles. The number of esters is 1. The van der Waals surface area contributed by atoms with Crippen molar-refractivity contribution in [3.63, 3.8) is 0 Å². The molecule has 0 atom stereocenters. The SMILES string of the molecule is CCN(CC)c1ccc([N+](=O)[O-])cc1C(=O)OCC(=O)Nc1cccc(OC)c1. The number of benzene rings is 2. The summed E-state index contributed by atoms with van der Waals surface area (Å²) in [6, 6.07) is 10.7. The average Bonchev–Trinajstić information content (AvgIpc) is 2.73. The van der Waals surface area contributed by atoms with Gasteiger partial charge in [0.1, 0.15) is 5.75 Å². The second kappa shape index (κ2) is 10.1. The van der Waals surface area contributed by atoms with Gasteiger partial charge < -0.3 is 19.7 Å². The summed E-state index contributed by atoms with van der Waals surface area (Å²) in [6.07, 6.45) is 0. The van der Waals surface area contributed by atoms with Gasteiger partial charge in [-0.1, -0.05) is 6.07 Å². The first-order chi connectivity index (χ1) is 13.9. The molecule has 154 valence electrons. The van der Waals surface area contributed by atoms with Crippen molar-refractivity contribution < 1.29 is 24.0 Å². The summed E-state index contributed by atoms with van der Waals surface area (Å²) in [5.41, 5.74) is 0.814. The molecule has 1 N–H and O–H groups in total. The van der Waals surface area contributed by atoms with Crippen LogP contribution >= 0.6 is 0 Å². The highest BCUT2D eigenvalue weighted by Gasteiger charge is 2.21. The first-order valence-electron chi connectivity index (χ1n) is 9.04. The Balaban J connectivity index is 2.13. The van der Waals surface area contributed by atoms with Crippen LogP contribution in [0, 0.1) is 10.1 Å². The molecule has 0 unspecified atom stereocenters. The molecule has 29 heavy (non-hydrogen) atoms. The molecule has 2 rings (SSSR count). The second-order valence-electron chi connectivity index (χ2n) is 5.99. The van der Waals surface area contributed by atoms with Crippen LogP contribution in [-0.4, -0.2) is 43.6 Å². The maximum absolute atomic E-state index is 12.6. The number of rotatable bonds is 9. The Bertz CT molecular complexity index is 896. The number of hydrogen-bond acceptors (Lipinski definition) is 7. The molecule has 0 aliphatic carbocycles. The van der Waals surface area contributed by atoms with Gasteiger partial charge in [0.2, 0.25) is 0 Å². The normalized spacial score (nSPS) is 10.2. The molecular weight excluding hydrogens is 378 g/mol. The van der Waals surface area contributed by atoms with E-state index in [1.807, 2.05) is 18.7 Å². The number of carbonyl (C=O) groups excluding carboxylic acids is 2. The highest BCUT2D eigenvalue weighted by molar-refractivity contribution is 5.99. The van der Waals surface area contributed by atoms with Crippen molar-refractivity contribution in [3.05, 3.63) is 58.1 Å². The van der Waals surface area contributed by atoms with Crippen LogP contribution in [0.4, 0.5) is 17.1 Å². The van der Waals surface area contributed by atoms with Gasteiger partial charge in [-0.15, -0.1) is 0 Å². The van der Waals surface area contributed by atoms with E-state index in [0.29, 0.717) is 30.2 Å². The van der Waals surface area contributed by atoms with Crippen molar-refractivity contribution in [1.82, 2.24) is 0 Å². The van der Waals surface area contributed by atoms with Crippen molar-refractivity contribution >= 4 is 28.9 Å². The number of anilines is 2. The van der Waals surface area contributed by atoms with Gasteiger partial charge >= 0.3 is 5.97 Å². The lowest BCUT2D eigenvalue weighted by Gasteiger charge is -2.23. The maximum Gasteiger partial charge on any atom is 0.341 e. The topological polar surface area (TPSA) is 111 Å². The summed E-state index contributed by atoms with van der Waals surface area (Å²) in [5.74, 6) is -0.780. The third-order valence-electron chi connectivity index (χ3n) is 4.20. The Morgan fingerprint density at radius 1 is 1.14 bits per heavy atom. The summed E-state index contributed by atoms with van der Waals surface area (Å²) >= 11 is 0. The fourth-order valence-electron chi connectivity index (χ4n) is 2.75. The molecular formula is C20H23N3O6. The van der Waals surface area contributed by atoms with Crippen molar-refractivity contribution in [2.24, 2.45) is 0 Å². The molecule has 0 aliphatic heterocycles. The zero-order valence-corrected chi connectivity index (χ0v) is 16.5. The standard InChI is InChI=1S/C20H23N3O6/c1-4-22(5-2)18-10-9-15(23(26)27)12-17(18)20(25)29-13-19(24)21-14-7-6-8-16(11-14)28-3/h6-12H,4-5,13H2,1-3H3,(H,21,24). The molecule has 0 aliphatic rings. The first-order valence-corrected chi connectivity index (χ1v) is 9.04. The minimum absolute atomic E-state index is 0.0390. The highest BCUT2D eigenvalue weighted by atomic mass is 16.6. The number of nitrogens with zero attached hydrogens (tertiary/aromatic N) is 2. The molecule has 9 nitrogen and oxygen atoms in total. The van der Waals surface area contributed by atoms with Gasteiger partial charge in [0.15, 0.2) is 6.61 Å². The number of amides is 1. The van der Waals surface area contributed by atoms with Crippen LogP contribution < -0.4 is 15.0 Å². The Labute approximate surface area is 168 Å². The molecule has 0 bridgehead atoms. The molecule has 1 amide bonds. The van der Waals surface area contributed by atoms with Crippen LogP contribution in [-0.2, 0) is 9.53 Å². The summed E-state index contributed by atoms with van der Waals surface area (Å²) in [6.45, 7) is 4.48. The van der Waals surface area contributed by atoms with Gasteiger partial charge in [-0.05, 0) is 32.0 Å². The van der Waals surface area contributed by atoms with Crippen molar-refractivity contribution in [1.29, 1.82) is 0 Å². The maximum atomic E-state index is 12.6. The third kappa shape index (κ3) is 5.68. The van der Waals surface area contributed by atoms with Gasteiger partial charge in [0.25, 0.3) is 11.6 Å². The van der Waals surface area contributed by atoms with Gasteiger partial charge in [-0.25, -0.2) is 4.79 Å². The lowest BCUT2D eigenvalue weighted by molar-refractivity contribution is -0.384. The van der Waals surface area contributed by atoms with Crippen LogP contribution in [0.3, 0.4) is 0 Å². The smallest absolute Gasteiger partial charge is 0.341 e. The average molecular weight is 401 g/mol. The fraction of sp³-hybridized carbons (Fsp3) is 0.300. The molecule has 0 heterocycles. The zero-order valence-electron chi connectivity index (χ0n) is 16.5. The van der Waals surface area contributed by atoms with E-state index in [2.05, 4.69) is 5.32 Å². The summed E-state index contributed by atoms with van der Waals surface area (Å²) in [5, 5.41) is 13.7. The van der Waals surface area contributed by atoms with Crippen LogP contribution in [0.2, 0.25) is 0 Å². The number of ether oxygens (including phenoxy) is 2. The highest BCUT2D eigenvalue weighted by Crippen LogP contribution is 2.26. The zero-order chi connectivity index (χ0) is 21.4. The molecule has 0 fully saturated rings. The third-order valence-corrected chi connectivity index (χ3v) is 4.20. The van der Waals surface area contributed by atoms with Crippen LogP contribution in [0.25, 0.3) is 0 Å². The Hall–Kier alpha value is -3.62. The second-order valence-corrected chi connectivity index (χ2v) is 5.99. The quantitative estimate of drug-likeness (QED) is 0.390. The molecule has 2 aromatic rings. The number of hydrogen-bond donors (Lipinski definition) is 1.